The zero-order chi connectivity index (χ0) is 11.4. The van der Waals surface area contributed by atoms with Crippen LogP contribution >= 0.6 is 0 Å². The molecule has 1 aliphatic heterocycles. The maximum Gasteiger partial charge on any atom is 0.128 e. The first-order chi connectivity index (χ1) is 7.70. The predicted molar refractivity (Wildman–Crippen MR) is 67.7 cm³/mol. The van der Waals surface area contributed by atoms with Gasteiger partial charge in [0.25, 0.3) is 0 Å². The number of anilines is 1. The fourth-order valence-corrected chi connectivity index (χ4v) is 2.17. The van der Waals surface area contributed by atoms with E-state index in [1.807, 2.05) is 12.3 Å². The monoisotopic (exact) mass is 219 g/mol. The van der Waals surface area contributed by atoms with Crippen molar-refractivity contribution < 1.29 is 0 Å². The molecule has 88 valence electrons. The molecule has 1 aliphatic rings. The van der Waals surface area contributed by atoms with Crippen LogP contribution in [0.4, 0.5) is 5.82 Å². The van der Waals surface area contributed by atoms with E-state index in [1.54, 1.807) is 0 Å². The lowest BCUT2D eigenvalue weighted by molar-refractivity contribution is 0.247. The Balaban J connectivity index is 1.94. The highest BCUT2D eigenvalue weighted by atomic mass is 15.0. The van der Waals surface area contributed by atoms with Crippen molar-refractivity contribution in [2.75, 3.05) is 25.0 Å². The van der Waals surface area contributed by atoms with Gasteiger partial charge in [0.1, 0.15) is 5.82 Å². The molecule has 16 heavy (non-hydrogen) atoms. The molecule has 0 spiro atoms. The summed E-state index contributed by atoms with van der Waals surface area (Å²) in [7, 11) is 0. The SMILES string of the molecule is Cc1cccnc1NCC1(C)CCNCC1. The minimum Gasteiger partial charge on any atom is -0.369 e. The van der Waals surface area contributed by atoms with Gasteiger partial charge in [0.2, 0.25) is 0 Å². The zero-order valence-electron chi connectivity index (χ0n) is 10.2. The average Bonchev–Trinajstić information content (AvgIpc) is 2.29. The van der Waals surface area contributed by atoms with Crippen molar-refractivity contribution in [2.45, 2.75) is 26.7 Å². The highest BCUT2D eigenvalue weighted by molar-refractivity contribution is 5.42. The van der Waals surface area contributed by atoms with Crippen molar-refractivity contribution in [2.24, 2.45) is 5.41 Å². The Labute approximate surface area is 97.7 Å². The van der Waals surface area contributed by atoms with E-state index in [1.165, 1.54) is 18.4 Å². The van der Waals surface area contributed by atoms with E-state index in [9.17, 15) is 0 Å². The van der Waals surface area contributed by atoms with E-state index in [-0.39, 0.29) is 0 Å². The molecule has 0 bridgehead atoms. The first-order valence-electron chi connectivity index (χ1n) is 6.06. The summed E-state index contributed by atoms with van der Waals surface area (Å²) < 4.78 is 0. The van der Waals surface area contributed by atoms with Crippen LogP contribution in [0.25, 0.3) is 0 Å². The van der Waals surface area contributed by atoms with E-state index in [0.717, 1.165) is 25.5 Å². The van der Waals surface area contributed by atoms with Crippen LogP contribution in [-0.2, 0) is 0 Å². The number of rotatable bonds is 3. The van der Waals surface area contributed by atoms with Crippen molar-refractivity contribution in [1.29, 1.82) is 0 Å². The highest BCUT2D eigenvalue weighted by Gasteiger charge is 2.26. The Hall–Kier alpha value is -1.09. The molecule has 0 saturated carbocycles. The van der Waals surface area contributed by atoms with Gasteiger partial charge in [0.15, 0.2) is 0 Å². The summed E-state index contributed by atoms with van der Waals surface area (Å²) in [5, 5.41) is 6.89. The quantitative estimate of drug-likeness (QED) is 0.818. The van der Waals surface area contributed by atoms with Crippen molar-refractivity contribution in [3.8, 4) is 0 Å². The molecule has 2 N–H and O–H groups in total. The average molecular weight is 219 g/mol. The number of aryl methyl sites for hydroxylation is 1. The van der Waals surface area contributed by atoms with Crippen molar-refractivity contribution in [1.82, 2.24) is 10.3 Å². The largest absolute Gasteiger partial charge is 0.369 e. The first-order valence-corrected chi connectivity index (χ1v) is 6.06. The van der Waals surface area contributed by atoms with Crippen molar-refractivity contribution >= 4 is 5.82 Å². The zero-order valence-corrected chi connectivity index (χ0v) is 10.2. The summed E-state index contributed by atoms with van der Waals surface area (Å²) in [5.74, 6) is 1.03. The number of nitrogens with zero attached hydrogens (tertiary/aromatic N) is 1. The Morgan fingerprint density at radius 1 is 1.44 bits per heavy atom. The molecule has 3 heteroatoms. The van der Waals surface area contributed by atoms with Gasteiger partial charge in [-0.15, -0.1) is 0 Å². The van der Waals surface area contributed by atoms with Crippen molar-refractivity contribution in [3.63, 3.8) is 0 Å². The van der Waals surface area contributed by atoms with Crippen LogP contribution in [0.5, 0.6) is 0 Å². The highest BCUT2D eigenvalue weighted by Crippen LogP contribution is 2.28. The van der Waals surface area contributed by atoms with Gasteiger partial charge in [-0.1, -0.05) is 13.0 Å². The third-order valence-corrected chi connectivity index (χ3v) is 3.50. The minimum atomic E-state index is 0.412. The van der Waals surface area contributed by atoms with Crippen LogP contribution in [0.2, 0.25) is 0 Å². The summed E-state index contributed by atoms with van der Waals surface area (Å²) in [4.78, 5) is 4.37. The molecule has 0 amide bonds. The Kier molecular flexibility index (Phi) is 3.44. The van der Waals surface area contributed by atoms with Crippen LogP contribution in [0.3, 0.4) is 0 Å². The standard InChI is InChI=1S/C13H21N3/c1-11-4-3-7-15-12(11)16-10-13(2)5-8-14-9-6-13/h3-4,7,14H,5-6,8-10H2,1-2H3,(H,15,16). The number of hydrogen-bond acceptors (Lipinski definition) is 3. The number of nitrogens with one attached hydrogen (secondary N) is 2. The van der Waals surface area contributed by atoms with Crippen LogP contribution < -0.4 is 10.6 Å². The molecule has 0 atom stereocenters. The van der Waals surface area contributed by atoms with E-state index in [2.05, 4.69) is 35.5 Å². The first kappa shape index (κ1) is 11.4. The van der Waals surface area contributed by atoms with E-state index >= 15 is 0 Å². The Morgan fingerprint density at radius 3 is 2.88 bits per heavy atom. The Bertz CT molecular complexity index is 343. The molecule has 3 nitrogen and oxygen atoms in total. The second-order valence-corrected chi connectivity index (χ2v) is 5.08. The fraction of sp³-hybridized carbons (Fsp3) is 0.615. The maximum atomic E-state index is 4.37. The van der Waals surface area contributed by atoms with Crippen molar-refractivity contribution in [3.05, 3.63) is 23.9 Å². The summed E-state index contributed by atoms with van der Waals surface area (Å²) in [6.45, 7) is 7.75. The number of hydrogen-bond donors (Lipinski definition) is 2. The molecule has 2 rings (SSSR count). The molecule has 0 aromatic carbocycles. The molecule has 2 heterocycles. The molecule has 0 unspecified atom stereocenters. The smallest absolute Gasteiger partial charge is 0.128 e. The summed E-state index contributed by atoms with van der Waals surface area (Å²) in [6.07, 6.45) is 4.33. The van der Waals surface area contributed by atoms with Crippen LogP contribution in [0.1, 0.15) is 25.3 Å². The second kappa shape index (κ2) is 4.83. The lowest BCUT2D eigenvalue weighted by Crippen LogP contribution is -2.39. The van der Waals surface area contributed by atoms with Crippen LogP contribution in [0, 0.1) is 12.3 Å². The molecule has 0 aliphatic carbocycles. The number of aromatic nitrogens is 1. The molecule has 1 aromatic rings. The molecule has 1 aromatic heterocycles. The molecule has 0 radical (unpaired) electrons. The molecule has 1 saturated heterocycles. The topological polar surface area (TPSA) is 37.0 Å². The van der Waals surface area contributed by atoms with Gasteiger partial charge in [0, 0.05) is 12.7 Å². The number of piperidine rings is 1. The molecular weight excluding hydrogens is 198 g/mol. The van der Waals surface area contributed by atoms with Gasteiger partial charge in [-0.3, -0.25) is 0 Å². The van der Waals surface area contributed by atoms with Gasteiger partial charge in [-0.05, 0) is 49.9 Å². The van der Waals surface area contributed by atoms with Crippen LogP contribution in [0.15, 0.2) is 18.3 Å². The van der Waals surface area contributed by atoms with Gasteiger partial charge in [0.05, 0.1) is 0 Å². The molecule has 1 fully saturated rings. The summed E-state index contributed by atoms with van der Waals surface area (Å²) >= 11 is 0. The lowest BCUT2D eigenvalue weighted by atomic mass is 9.81. The Morgan fingerprint density at radius 2 is 2.19 bits per heavy atom. The van der Waals surface area contributed by atoms with Gasteiger partial charge in [-0.2, -0.15) is 0 Å². The van der Waals surface area contributed by atoms with E-state index < -0.39 is 0 Å². The van der Waals surface area contributed by atoms with Crippen LogP contribution in [-0.4, -0.2) is 24.6 Å². The summed E-state index contributed by atoms with van der Waals surface area (Å²) in [5.41, 5.74) is 1.63. The van der Waals surface area contributed by atoms with Gasteiger partial charge in [-0.25, -0.2) is 4.98 Å². The van der Waals surface area contributed by atoms with E-state index in [4.69, 9.17) is 0 Å². The minimum absolute atomic E-state index is 0.412. The normalized spacial score (nSPS) is 19.4. The predicted octanol–water partition coefficient (Wildman–Crippen LogP) is 2.19. The molecular formula is C13H21N3. The number of pyridine rings is 1. The lowest BCUT2D eigenvalue weighted by Gasteiger charge is -2.34. The third kappa shape index (κ3) is 2.73. The maximum absolute atomic E-state index is 4.37. The fourth-order valence-electron chi connectivity index (χ4n) is 2.17. The summed E-state index contributed by atoms with van der Waals surface area (Å²) in [6, 6.07) is 4.08. The second-order valence-electron chi connectivity index (χ2n) is 5.08. The van der Waals surface area contributed by atoms with Gasteiger partial charge >= 0.3 is 0 Å². The van der Waals surface area contributed by atoms with E-state index in [0.29, 0.717) is 5.41 Å². The van der Waals surface area contributed by atoms with Gasteiger partial charge < -0.3 is 10.6 Å². The third-order valence-electron chi connectivity index (χ3n) is 3.50.